The molecule has 1 unspecified atom stereocenters. The molecule has 0 aromatic carbocycles. The van der Waals surface area contributed by atoms with Gasteiger partial charge in [0.1, 0.15) is 0 Å². The summed E-state index contributed by atoms with van der Waals surface area (Å²) in [5.74, 6) is -0.701. The van der Waals surface area contributed by atoms with Crippen LogP contribution in [-0.2, 0) is 0 Å². The molecule has 0 aromatic rings. The maximum absolute atomic E-state index is 13.5. The third-order valence-electron chi connectivity index (χ3n) is 3.14. The number of aliphatic hydroxyl groups is 1. The molecule has 2 fully saturated rings. The normalized spacial score (nSPS) is 70.2. The number of hydrogen-bond donors (Lipinski definition) is 1. The van der Waals surface area contributed by atoms with Crippen LogP contribution < -0.4 is 0 Å². The van der Waals surface area contributed by atoms with Crippen molar-refractivity contribution in [2.24, 2.45) is 11.3 Å². The van der Waals surface area contributed by atoms with Crippen LogP contribution in [0.4, 0.5) is 4.39 Å². The van der Waals surface area contributed by atoms with E-state index < -0.39 is 22.5 Å². The monoisotopic (exact) mass is 179 g/mol. The van der Waals surface area contributed by atoms with Crippen LogP contribution in [0.2, 0.25) is 0 Å². The van der Waals surface area contributed by atoms with E-state index in [1.165, 1.54) is 0 Å². The minimum absolute atomic E-state index is 0.339. The van der Waals surface area contributed by atoms with Crippen molar-refractivity contribution in [3.05, 3.63) is 0 Å². The van der Waals surface area contributed by atoms with Crippen LogP contribution in [0.5, 0.6) is 0 Å². The lowest BCUT2D eigenvalue weighted by Crippen LogP contribution is -2.19. The van der Waals surface area contributed by atoms with Gasteiger partial charge < -0.3 is 5.11 Å². The molecule has 2 saturated carbocycles. The molecule has 0 saturated heterocycles. The fraction of sp³-hybridized carbons (Fsp3) is 1.00. The van der Waals surface area contributed by atoms with Crippen LogP contribution >= 0.6 is 11.6 Å². The topological polar surface area (TPSA) is 20.2 Å². The van der Waals surface area contributed by atoms with Gasteiger partial charge in [0.2, 0.25) is 0 Å². The lowest BCUT2D eigenvalue weighted by atomic mass is 9.88. The fourth-order valence-corrected chi connectivity index (χ4v) is 2.77. The molecule has 0 aliphatic heterocycles. The summed E-state index contributed by atoms with van der Waals surface area (Å²) in [6, 6.07) is 0. The summed E-state index contributed by atoms with van der Waals surface area (Å²) < 4.78 is 21.0. The predicted octanol–water partition coefficient (Wildman–Crippen LogP) is 2.07. The number of hydrogen-bond acceptors (Lipinski definition) is 1. The summed E-state index contributed by atoms with van der Waals surface area (Å²) in [6.07, 6.45) is 0.0550. The molecule has 0 aromatic heterocycles. The van der Waals surface area contributed by atoms with E-state index >= 15 is 0 Å². The van der Waals surface area contributed by atoms with E-state index in [0.717, 1.165) is 0 Å². The Hall–Kier alpha value is 0.180. The van der Waals surface area contributed by atoms with Crippen molar-refractivity contribution in [1.82, 2.24) is 0 Å². The van der Waals surface area contributed by atoms with Gasteiger partial charge in [0.05, 0.1) is 7.45 Å². The summed E-state index contributed by atoms with van der Waals surface area (Å²) >= 11 is 5.59. The van der Waals surface area contributed by atoms with Gasteiger partial charge in [-0.2, -0.15) is 0 Å². The number of fused-ring (bicyclic) bond motifs is 1. The van der Waals surface area contributed by atoms with Crippen LogP contribution in [0.1, 0.15) is 27.6 Å². The van der Waals surface area contributed by atoms with E-state index in [4.69, 9.17) is 13.0 Å². The van der Waals surface area contributed by atoms with Gasteiger partial charge >= 0.3 is 0 Å². The van der Waals surface area contributed by atoms with Crippen LogP contribution in [0.25, 0.3) is 0 Å². The third-order valence-corrected chi connectivity index (χ3v) is 3.79. The van der Waals surface area contributed by atoms with E-state index in [1.807, 2.05) is 0 Å². The van der Waals surface area contributed by atoms with Crippen molar-refractivity contribution in [2.45, 2.75) is 37.4 Å². The van der Waals surface area contributed by atoms with Crippen LogP contribution in [0.3, 0.4) is 0 Å². The SMILES string of the molecule is [2H][C@@]1(O)CCC[C@@]2(C)C1[C@]2(F)Cl. The molecule has 0 bridgehead atoms. The van der Waals surface area contributed by atoms with Gasteiger partial charge in [-0.1, -0.05) is 24.9 Å². The second-order valence-electron chi connectivity index (χ2n) is 3.82. The first-order chi connectivity index (χ1) is 5.32. The highest BCUT2D eigenvalue weighted by Crippen LogP contribution is 2.73. The molecule has 0 spiro atoms. The van der Waals surface area contributed by atoms with Crippen LogP contribution in [-0.4, -0.2) is 16.3 Å². The summed E-state index contributed by atoms with van der Waals surface area (Å²) in [5, 5.41) is 7.68. The molecule has 0 radical (unpaired) electrons. The second-order valence-corrected chi connectivity index (χ2v) is 4.37. The summed E-state index contributed by atoms with van der Waals surface area (Å²) in [4.78, 5) is 0. The Kier molecular flexibility index (Phi) is 1.16. The lowest BCUT2D eigenvalue weighted by Gasteiger charge is -2.19. The summed E-state index contributed by atoms with van der Waals surface area (Å²) in [7, 11) is 0. The first kappa shape index (κ1) is 6.67. The van der Waals surface area contributed by atoms with Gasteiger partial charge in [-0.05, 0) is 12.8 Å². The minimum atomic E-state index is -1.85. The first-order valence-corrected chi connectivity index (χ1v) is 4.30. The van der Waals surface area contributed by atoms with Gasteiger partial charge in [-0.25, -0.2) is 4.39 Å². The molecule has 0 heterocycles. The molecule has 1 N–H and O–H groups in total. The van der Waals surface area contributed by atoms with E-state index in [2.05, 4.69) is 0 Å². The highest BCUT2D eigenvalue weighted by atomic mass is 35.5. The fourth-order valence-electron chi connectivity index (χ4n) is 2.25. The quantitative estimate of drug-likeness (QED) is 0.565. The van der Waals surface area contributed by atoms with Gasteiger partial charge in [0.15, 0.2) is 5.13 Å². The molecule has 2 aliphatic carbocycles. The van der Waals surface area contributed by atoms with E-state index in [1.54, 1.807) is 6.92 Å². The molecule has 2 aliphatic rings. The molecular weight excluding hydrogens is 167 g/mol. The average Bonchev–Trinajstić information content (AvgIpc) is 2.26. The highest BCUT2D eigenvalue weighted by molar-refractivity contribution is 6.26. The molecule has 11 heavy (non-hydrogen) atoms. The third kappa shape index (κ3) is 0.748. The number of rotatable bonds is 0. The second kappa shape index (κ2) is 1.91. The van der Waals surface area contributed by atoms with Gasteiger partial charge in [-0.3, -0.25) is 0 Å². The van der Waals surface area contributed by atoms with Crippen molar-refractivity contribution in [3.8, 4) is 0 Å². The standard InChI is InChI=1S/C8H12ClFO/c1-7-4-2-3-5(11)6(7)8(7,9)10/h5-6,11H,2-4H2,1H3/t5-,6?,7+,8-/m1/s1/i5D. The molecular formula is C8H12ClFO. The van der Waals surface area contributed by atoms with Crippen molar-refractivity contribution in [3.63, 3.8) is 0 Å². The Morgan fingerprint density at radius 1 is 1.82 bits per heavy atom. The summed E-state index contributed by atoms with van der Waals surface area (Å²) in [6.45, 7) is 1.71. The van der Waals surface area contributed by atoms with E-state index in [9.17, 15) is 9.50 Å². The van der Waals surface area contributed by atoms with Gasteiger partial charge in [-0.15, -0.1) is 0 Å². The Bertz CT molecular complexity index is 223. The Morgan fingerprint density at radius 3 is 2.91 bits per heavy atom. The Labute approximate surface area is 72.0 Å². The van der Waals surface area contributed by atoms with Crippen molar-refractivity contribution in [2.75, 3.05) is 0 Å². The van der Waals surface area contributed by atoms with E-state index in [0.29, 0.717) is 19.3 Å². The molecule has 3 heteroatoms. The minimum Gasteiger partial charge on any atom is -0.393 e. The van der Waals surface area contributed by atoms with Gasteiger partial charge in [0.25, 0.3) is 0 Å². The van der Waals surface area contributed by atoms with Crippen molar-refractivity contribution < 1.29 is 10.9 Å². The largest absolute Gasteiger partial charge is 0.393 e. The number of halogens is 2. The first-order valence-electron chi connectivity index (χ1n) is 4.42. The Morgan fingerprint density at radius 2 is 2.45 bits per heavy atom. The number of alkyl halides is 2. The highest BCUT2D eigenvalue weighted by Gasteiger charge is 2.77. The van der Waals surface area contributed by atoms with Crippen LogP contribution in [0.15, 0.2) is 0 Å². The van der Waals surface area contributed by atoms with Gasteiger partial charge in [0, 0.05) is 11.3 Å². The smallest absolute Gasteiger partial charge is 0.195 e. The molecule has 1 nitrogen and oxygen atoms in total. The maximum Gasteiger partial charge on any atom is 0.195 e. The van der Waals surface area contributed by atoms with E-state index in [-0.39, 0.29) is 0 Å². The zero-order valence-corrected chi connectivity index (χ0v) is 7.16. The molecule has 0 amide bonds. The predicted molar refractivity (Wildman–Crippen MR) is 41.1 cm³/mol. The zero-order valence-electron chi connectivity index (χ0n) is 7.40. The maximum atomic E-state index is 13.5. The van der Waals surface area contributed by atoms with Crippen molar-refractivity contribution in [1.29, 1.82) is 0 Å². The lowest BCUT2D eigenvalue weighted by molar-refractivity contribution is 0.0954. The van der Waals surface area contributed by atoms with Crippen molar-refractivity contribution >= 4 is 11.6 Å². The average molecular weight is 180 g/mol. The zero-order chi connectivity index (χ0) is 9.20. The van der Waals surface area contributed by atoms with Crippen LogP contribution in [0, 0.1) is 11.3 Å². The molecule has 64 valence electrons. The molecule has 2 rings (SSSR count). The molecule has 4 atom stereocenters. The Balaban J connectivity index is 2.31. The summed E-state index contributed by atoms with van der Waals surface area (Å²) in [5.41, 5.74) is -0.663.